The molecule has 2 aromatic carbocycles. The molecule has 0 saturated heterocycles. The highest BCUT2D eigenvalue weighted by atomic mass is 16.6. The summed E-state index contributed by atoms with van der Waals surface area (Å²) in [5.74, 6) is -0.00266. The summed E-state index contributed by atoms with van der Waals surface area (Å²) in [5, 5.41) is 9.06. The summed E-state index contributed by atoms with van der Waals surface area (Å²) >= 11 is 0. The van der Waals surface area contributed by atoms with Gasteiger partial charge in [-0.3, -0.25) is 14.4 Å². The van der Waals surface area contributed by atoms with Crippen molar-refractivity contribution in [3.63, 3.8) is 0 Å². The number of ether oxygens (including phenoxy) is 3. The molecular weight excluding hydrogens is 592 g/mol. The van der Waals surface area contributed by atoms with Crippen molar-refractivity contribution in [2.75, 3.05) is 0 Å². The predicted molar refractivity (Wildman–Crippen MR) is 189 cm³/mol. The first kappa shape index (κ1) is 41.4. The molecule has 0 aliphatic heterocycles. The molecule has 0 radical (unpaired) electrons. The maximum Gasteiger partial charge on any atom is 0.311 e. The van der Waals surface area contributed by atoms with Crippen LogP contribution in [0.1, 0.15) is 137 Å². The highest BCUT2D eigenvalue weighted by Crippen LogP contribution is 2.17. The van der Waals surface area contributed by atoms with Crippen LogP contribution in [0.15, 0.2) is 60.7 Å². The Labute approximate surface area is 284 Å². The summed E-state index contributed by atoms with van der Waals surface area (Å²) in [6.45, 7) is 13.3. The van der Waals surface area contributed by atoms with E-state index in [0.717, 1.165) is 30.4 Å². The van der Waals surface area contributed by atoms with Crippen LogP contribution in [0.2, 0.25) is 0 Å². The van der Waals surface area contributed by atoms with Gasteiger partial charge in [-0.2, -0.15) is 0 Å². The molecule has 47 heavy (non-hydrogen) atoms. The van der Waals surface area contributed by atoms with E-state index in [0.29, 0.717) is 12.2 Å². The van der Waals surface area contributed by atoms with Gasteiger partial charge >= 0.3 is 17.9 Å². The highest BCUT2D eigenvalue weighted by molar-refractivity contribution is 5.74. The monoisotopic (exact) mass is 652 g/mol. The number of allylic oxidation sites excluding steroid dienone is 2. The van der Waals surface area contributed by atoms with Crippen LogP contribution in [0.3, 0.4) is 0 Å². The molecule has 0 amide bonds. The molecule has 0 unspecified atom stereocenters. The number of unbranched alkanes of at least 4 members (excludes halogenated alkanes) is 9. The number of phenolic OH excluding ortho intramolecular Hbond substituents is 1. The number of hydrogen-bond donors (Lipinski definition) is 1. The SMILES string of the molecule is CC(C)(C)OC(=O)Cc1ccc(O)cc1.CCCCCC/C=C\CCCCCCCC(=O)Oc1ccc(CC(=O)OC(C)(C)C)cc1. The molecule has 0 atom stereocenters. The lowest BCUT2D eigenvalue weighted by atomic mass is 10.1. The van der Waals surface area contributed by atoms with Crippen molar-refractivity contribution in [3.8, 4) is 11.5 Å². The molecule has 0 saturated carbocycles. The quantitative estimate of drug-likeness (QED) is 0.0740. The van der Waals surface area contributed by atoms with Crippen molar-refractivity contribution in [1.29, 1.82) is 0 Å². The zero-order chi connectivity index (χ0) is 35.1. The van der Waals surface area contributed by atoms with Gasteiger partial charge in [0.25, 0.3) is 0 Å². The first-order valence-corrected chi connectivity index (χ1v) is 17.3. The molecule has 0 spiro atoms. The summed E-state index contributed by atoms with van der Waals surface area (Å²) in [6, 6.07) is 13.6. The van der Waals surface area contributed by atoms with E-state index in [1.54, 1.807) is 48.5 Å². The fraction of sp³-hybridized carbons (Fsp3) is 0.575. The molecule has 7 heteroatoms. The van der Waals surface area contributed by atoms with Crippen molar-refractivity contribution in [1.82, 2.24) is 0 Å². The van der Waals surface area contributed by atoms with Gasteiger partial charge in [-0.1, -0.05) is 81.9 Å². The Balaban J connectivity index is 0.000000611. The Kier molecular flexibility index (Phi) is 20.1. The van der Waals surface area contributed by atoms with Gasteiger partial charge in [0, 0.05) is 6.42 Å². The van der Waals surface area contributed by atoms with Crippen molar-refractivity contribution in [2.24, 2.45) is 0 Å². The molecule has 7 nitrogen and oxygen atoms in total. The summed E-state index contributed by atoms with van der Waals surface area (Å²) < 4.78 is 15.9. The minimum Gasteiger partial charge on any atom is -0.508 e. The van der Waals surface area contributed by atoms with E-state index in [9.17, 15) is 14.4 Å². The number of aromatic hydroxyl groups is 1. The first-order valence-electron chi connectivity index (χ1n) is 17.3. The van der Waals surface area contributed by atoms with E-state index < -0.39 is 11.2 Å². The largest absolute Gasteiger partial charge is 0.508 e. The number of hydrogen-bond acceptors (Lipinski definition) is 7. The van der Waals surface area contributed by atoms with Gasteiger partial charge in [-0.25, -0.2) is 0 Å². The number of carbonyl (C=O) groups excluding carboxylic acids is 3. The van der Waals surface area contributed by atoms with E-state index in [-0.39, 0.29) is 36.5 Å². The van der Waals surface area contributed by atoms with Crippen molar-refractivity contribution in [2.45, 2.75) is 150 Å². The fourth-order valence-corrected chi connectivity index (χ4v) is 4.55. The summed E-state index contributed by atoms with van der Waals surface area (Å²) in [6.07, 6.45) is 18.8. The van der Waals surface area contributed by atoms with Gasteiger partial charge in [0.1, 0.15) is 22.7 Å². The van der Waals surface area contributed by atoms with Crippen LogP contribution in [-0.2, 0) is 36.7 Å². The molecule has 0 aliphatic carbocycles. The third kappa shape index (κ3) is 24.3. The second kappa shape index (κ2) is 22.8. The standard InChI is InChI=1S/C28H44O4.C12H16O3/c1-5-6-7-8-9-10-11-12-13-14-15-16-17-18-26(29)31-25-21-19-24(20-22-25)23-27(30)32-28(2,3)4;1-12(2,3)15-11(14)8-9-4-6-10(13)7-5-9/h10-11,19-22H,5-9,12-18,23H2,1-4H3;4-7,13H,8H2,1-3H3/b11-10-;. The first-order chi connectivity index (χ1) is 22.2. The molecule has 2 aromatic rings. The minimum atomic E-state index is -0.489. The average Bonchev–Trinajstić information content (AvgIpc) is 2.96. The highest BCUT2D eigenvalue weighted by Gasteiger charge is 2.17. The lowest BCUT2D eigenvalue weighted by Gasteiger charge is -2.19. The molecule has 1 N–H and O–H groups in total. The van der Waals surface area contributed by atoms with Crippen LogP contribution in [-0.4, -0.2) is 34.2 Å². The fourth-order valence-electron chi connectivity index (χ4n) is 4.55. The Hall–Kier alpha value is -3.61. The van der Waals surface area contributed by atoms with E-state index in [1.165, 1.54) is 51.4 Å². The van der Waals surface area contributed by atoms with Gasteiger partial charge in [0.05, 0.1) is 12.8 Å². The van der Waals surface area contributed by atoms with Crippen LogP contribution >= 0.6 is 0 Å². The second-order valence-corrected chi connectivity index (χ2v) is 13.9. The summed E-state index contributed by atoms with van der Waals surface area (Å²) in [4.78, 5) is 35.3. The molecule has 0 heterocycles. The van der Waals surface area contributed by atoms with Gasteiger partial charge < -0.3 is 19.3 Å². The van der Waals surface area contributed by atoms with Crippen LogP contribution in [0.25, 0.3) is 0 Å². The average molecular weight is 653 g/mol. The Morgan fingerprint density at radius 3 is 1.49 bits per heavy atom. The zero-order valence-corrected chi connectivity index (χ0v) is 30.1. The lowest BCUT2D eigenvalue weighted by Crippen LogP contribution is -2.24. The number of carbonyl (C=O) groups is 3. The Morgan fingerprint density at radius 2 is 1.02 bits per heavy atom. The number of esters is 3. The molecule has 0 aromatic heterocycles. The molecule has 2 rings (SSSR count). The molecule has 262 valence electrons. The molecular formula is C40H60O7. The van der Waals surface area contributed by atoms with Crippen LogP contribution in [0.4, 0.5) is 0 Å². The third-order valence-electron chi connectivity index (χ3n) is 6.77. The molecule has 0 bridgehead atoms. The number of benzene rings is 2. The third-order valence-corrected chi connectivity index (χ3v) is 6.77. The predicted octanol–water partition coefficient (Wildman–Crippen LogP) is 10.0. The van der Waals surface area contributed by atoms with Crippen molar-refractivity contribution in [3.05, 3.63) is 71.8 Å². The number of phenols is 1. The van der Waals surface area contributed by atoms with Crippen LogP contribution in [0, 0.1) is 0 Å². The second-order valence-electron chi connectivity index (χ2n) is 13.9. The summed E-state index contributed by atoms with van der Waals surface area (Å²) in [5.41, 5.74) is 0.734. The maximum atomic E-state index is 12.0. The maximum absolute atomic E-state index is 12.0. The molecule has 0 fully saturated rings. The van der Waals surface area contributed by atoms with Gasteiger partial charge in [-0.05, 0) is 109 Å². The Bertz CT molecular complexity index is 1180. The normalized spacial score (nSPS) is 11.5. The van der Waals surface area contributed by atoms with Gasteiger partial charge in [0.15, 0.2) is 0 Å². The van der Waals surface area contributed by atoms with Crippen molar-refractivity contribution < 1.29 is 33.7 Å². The Morgan fingerprint density at radius 1 is 0.596 bits per heavy atom. The molecule has 0 aliphatic rings. The summed E-state index contributed by atoms with van der Waals surface area (Å²) in [7, 11) is 0. The van der Waals surface area contributed by atoms with Crippen molar-refractivity contribution >= 4 is 17.9 Å². The van der Waals surface area contributed by atoms with E-state index in [4.69, 9.17) is 19.3 Å². The lowest BCUT2D eigenvalue weighted by molar-refractivity contribution is -0.155. The minimum absolute atomic E-state index is 0.197. The van der Waals surface area contributed by atoms with Crippen LogP contribution < -0.4 is 4.74 Å². The topological polar surface area (TPSA) is 99.1 Å². The van der Waals surface area contributed by atoms with E-state index >= 15 is 0 Å². The number of rotatable bonds is 18. The zero-order valence-electron chi connectivity index (χ0n) is 30.1. The van der Waals surface area contributed by atoms with Gasteiger partial charge in [0.2, 0.25) is 0 Å². The van der Waals surface area contributed by atoms with E-state index in [2.05, 4.69) is 19.1 Å². The smallest absolute Gasteiger partial charge is 0.311 e. The van der Waals surface area contributed by atoms with Crippen LogP contribution in [0.5, 0.6) is 11.5 Å². The van der Waals surface area contributed by atoms with E-state index in [1.807, 2.05) is 41.5 Å². The van der Waals surface area contributed by atoms with Gasteiger partial charge in [-0.15, -0.1) is 0 Å².